The maximum atomic E-state index is 11.8. The summed E-state index contributed by atoms with van der Waals surface area (Å²) in [6, 6.07) is 18.6. The minimum Gasteiger partial charge on any atom is -1.00 e. The SMILES string of the molecule is O=C(c1ccccc1)c1ccccc1.[Cs+].[H-]. The molecule has 0 saturated carbocycles. The van der Waals surface area contributed by atoms with Crippen molar-refractivity contribution in [2.24, 2.45) is 0 Å². The van der Waals surface area contributed by atoms with Crippen LogP contribution in [0.4, 0.5) is 0 Å². The Morgan fingerprint density at radius 1 is 0.733 bits per heavy atom. The number of hydrogen-bond donors (Lipinski definition) is 0. The third-order valence-corrected chi connectivity index (χ3v) is 2.07. The quantitative estimate of drug-likeness (QED) is 0.715. The molecule has 0 spiro atoms. The van der Waals surface area contributed by atoms with Gasteiger partial charge in [0.1, 0.15) is 0 Å². The second kappa shape index (κ2) is 6.68. The molecule has 1 nitrogen and oxygen atoms in total. The van der Waals surface area contributed by atoms with Crippen LogP contribution in [0.15, 0.2) is 60.7 Å². The fourth-order valence-electron chi connectivity index (χ4n) is 1.35. The fourth-order valence-corrected chi connectivity index (χ4v) is 1.35. The van der Waals surface area contributed by atoms with E-state index in [1.165, 1.54) is 0 Å². The van der Waals surface area contributed by atoms with Gasteiger partial charge in [0.2, 0.25) is 0 Å². The molecule has 15 heavy (non-hydrogen) atoms. The molecule has 2 heteroatoms. The Morgan fingerprint density at radius 3 is 1.40 bits per heavy atom. The van der Waals surface area contributed by atoms with Crippen LogP contribution in [0.1, 0.15) is 17.3 Å². The number of carbonyl (C=O) groups excluding carboxylic acids is 1. The summed E-state index contributed by atoms with van der Waals surface area (Å²) in [5.41, 5.74) is 1.47. The van der Waals surface area contributed by atoms with Crippen LogP contribution in [0.5, 0.6) is 0 Å². The Hall–Kier alpha value is 0.162. The van der Waals surface area contributed by atoms with E-state index in [2.05, 4.69) is 0 Å². The van der Waals surface area contributed by atoms with Crippen LogP contribution in [0.3, 0.4) is 0 Å². The summed E-state index contributed by atoms with van der Waals surface area (Å²) < 4.78 is 0. The maximum Gasteiger partial charge on any atom is 1.00 e. The van der Waals surface area contributed by atoms with Gasteiger partial charge in [0.05, 0.1) is 0 Å². The van der Waals surface area contributed by atoms with E-state index in [0.717, 1.165) is 11.1 Å². The van der Waals surface area contributed by atoms with Crippen molar-refractivity contribution in [2.75, 3.05) is 0 Å². The van der Waals surface area contributed by atoms with Gasteiger partial charge in [-0.2, -0.15) is 0 Å². The minimum absolute atomic E-state index is 0. The molecule has 2 aromatic carbocycles. The van der Waals surface area contributed by atoms with E-state index in [1.807, 2.05) is 60.7 Å². The van der Waals surface area contributed by atoms with Crippen LogP contribution in [-0.4, -0.2) is 5.78 Å². The van der Waals surface area contributed by atoms with Crippen molar-refractivity contribution in [1.82, 2.24) is 0 Å². The van der Waals surface area contributed by atoms with Crippen LogP contribution < -0.4 is 68.9 Å². The van der Waals surface area contributed by atoms with E-state index in [-0.39, 0.29) is 76.1 Å². The summed E-state index contributed by atoms with van der Waals surface area (Å²) in [6.07, 6.45) is 0. The predicted molar refractivity (Wildman–Crippen MR) is 57.4 cm³/mol. The van der Waals surface area contributed by atoms with Gasteiger partial charge in [0.15, 0.2) is 5.78 Å². The third kappa shape index (κ3) is 3.59. The van der Waals surface area contributed by atoms with Gasteiger partial charge >= 0.3 is 68.9 Å². The van der Waals surface area contributed by atoms with Crippen molar-refractivity contribution in [3.63, 3.8) is 0 Å². The molecule has 0 heterocycles. The first-order chi connectivity index (χ1) is 6.88. The summed E-state index contributed by atoms with van der Waals surface area (Å²) in [7, 11) is 0. The Morgan fingerprint density at radius 2 is 1.07 bits per heavy atom. The van der Waals surface area contributed by atoms with Gasteiger partial charge in [-0.15, -0.1) is 0 Å². The van der Waals surface area contributed by atoms with E-state index in [1.54, 1.807) is 0 Å². The molecule has 0 aliphatic carbocycles. The van der Waals surface area contributed by atoms with Crippen LogP contribution in [0, 0.1) is 0 Å². The second-order valence-corrected chi connectivity index (χ2v) is 3.06. The zero-order valence-electron chi connectivity index (χ0n) is 9.68. The van der Waals surface area contributed by atoms with Crippen molar-refractivity contribution >= 4 is 5.78 Å². The minimum atomic E-state index is 0. The van der Waals surface area contributed by atoms with Crippen molar-refractivity contribution in [2.45, 2.75) is 0 Å². The summed E-state index contributed by atoms with van der Waals surface area (Å²) in [6.45, 7) is 0. The first-order valence-corrected chi connectivity index (χ1v) is 4.53. The van der Waals surface area contributed by atoms with E-state index < -0.39 is 0 Å². The molecule has 0 fully saturated rings. The Labute approximate surface area is 150 Å². The summed E-state index contributed by atoms with van der Waals surface area (Å²) in [4.78, 5) is 11.8. The average Bonchev–Trinajstić information content (AvgIpc) is 2.30. The molecule has 0 bridgehead atoms. The zero-order chi connectivity index (χ0) is 9.80. The molecule has 0 radical (unpaired) electrons. The standard InChI is InChI=1S/C13H10O.Cs.H/c14-13(11-7-3-1-4-8-11)12-9-5-2-6-10-12;;/h1-10H;;/q;+1;-1. The van der Waals surface area contributed by atoms with Crippen LogP contribution in [0.25, 0.3) is 0 Å². The van der Waals surface area contributed by atoms with Gasteiger partial charge in [0.25, 0.3) is 0 Å². The maximum absolute atomic E-state index is 11.8. The molecule has 0 saturated heterocycles. The van der Waals surface area contributed by atoms with E-state index >= 15 is 0 Å². The van der Waals surface area contributed by atoms with E-state index in [9.17, 15) is 4.79 Å². The van der Waals surface area contributed by atoms with Gasteiger partial charge in [-0.1, -0.05) is 60.7 Å². The molecule has 2 aromatic rings. The summed E-state index contributed by atoms with van der Waals surface area (Å²) in [5.74, 6) is 0.0752. The van der Waals surface area contributed by atoms with Crippen molar-refractivity contribution in [1.29, 1.82) is 0 Å². The number of carbonyl (C=O) groups is 1. The molecular weight excluding hydrogens is 305 g/mol. The second-order valence-electron chi connectivity index (χ2n) is 3.06. The number of benzene rings is 2. The molecule has 0 amide bonds. The normalized spacial score (nSPS) is 9.07. The van der Waals surface area contributed by atoms with Gasteiger partial charge in [-0.05, 0) is 0 Å². The van der Waals surface area contributed by atoms with Gasteiger partial charge in [-0.3, -0.25) is 4.79 Å². The molecule has 0 atom stereocenters. The topological polar surface area (TPSA) is 17.1 Å². The summed E-state index contributed by atoms with van der Waals surface area (Å²) in [5, 5.41) is 0. The molecule has 0 unspecified atom stereocenters. The van der Waals surface area contributed by atoms with Gasteiger partial charge in [-0.25, -0.2) is 0 Å². The Kier molecular flexibility index (Phi) is 5.89. The first-order valence-electron chi connectivity index (χ1n) is 4.53. The van der Waals surface area contributed by atoms with Crippen LogP contribution in [0.2, 0.25) is 0 Å². The molecule has 70 valence electrons. The number of rotatable bonds is 2. The molecule has 0 aromatic heterocycles. The summed E-state index contributed by atoms with van der Waals surface area (Å²) >= 11 is 0. The van der Waals surface area contributed by atoms with E-state index in [4.69, 9.17) is 0 Å². The van der Waals surface area contributed by atoms with Gasteiger partial charge in [0, 0.05) is 11.1 Å². The Balaban J connectivity index is 0.00000112. The molecule has 0 aliphatic heterocycles. The van der Waals surface area contributed by atoms with E-state index in [0.29, 0.717) is 0 Å². The molecule has 0 N–H and O–H groups in total. The molecule has 2 rings (SSSR count). The molecular formula is C13H11CsO. The smallest absolute Gasteiger partial charge is 1.00 e. The van der Waals surface area contributed by atoms with Crippen molar-refractivity contribution in [3.8, 4) is 0 Å². The zero-order valence-corrected chi connectivity index (χ0v) is 15.0. The first kappa shape index (κ1) is 13.2. The van der Waals surface area contributed by atoms with Crippen molar-refractivity contribution < 1.29 is 75.1 Å². The number of ketones is 1. The largest absolute Gasteiger partial charge is 1.00 e. The Bertz CT molecular complexity index is 387. The van der Waals surface area contributed by atoms with Crippen molar-refractivity contribution in [3.05, 3.63) is 71.8 Å². The average molecular weight is 316 g/mol. The van der Waals surface area contributed by atoms with Crippen LogP contribution >= 0.6 is 0 Å². The third-order valence-electron chi connectivity index (χ3n) is 2.07. The van der Waals surface area contributed by atoms with Crippen LogP contribution in [-0.2, 0) is 0 Å². The van der Waals surface area contributed by atoms with Gasteiger partial charge < -0.3 is 1.43 Å². The number of hydrogen-bond acceptors (Lipinski definition) is 1. The fraction of sp³-hybridized carbons (Fsp3) is 0. The molecule has 0 aliphatic rings. The predicted octanol–water partition coefficient (Wildman–Crippen LogP) is 0.0341. The monoisotopic (exact) mass is 316 g/mol.